The van der Waals surface area contributed by atoms with E-state index in [1.54, 1.807) is 0 Å². The predicted molar refractivity (Wildman–Crippen MR) is 275 cm³/mol. The lowest BCUT2D eigenvalue weighted by Gasteiger charge is -2.18. The number of esters is 3. The lowest BCUT2D eigenvalue weighted by atomic mass is 10.0. The van der Waals surface area contributed by atoms with Gasteiger partial charge in [-0.15, -0.1) is 0 Å². The van der Waals surface area contributed by atoms with Gasteiger partial charge in [0.05, 0.1) is 0 Å². The van der Waals surface area contributed by atoms with Gasteiger partial charge in [-0.1, -0.05) is 275 Å². The molecule has 0 fully saturated rings. The van der Waals surface area contributed by atoms with Crippen LogP contribution in [0.25, 0.3) is 0 Å². The molecule has 0 bridgehead atoms. The van der Waals surface area contributed by atoms with Gasteiger partial charge in [-0.05, 0) is 38.5 Å². The Morgan fingerprint density at radius 3 is 0.953 bits per heavy atom. The minimum Gasteiger partial charge on any atom is -0.462 e. The lowest BCUT2D eigenvalue weighted by Crippen LogP contribution is -2.30. The fourth-order valence-corrected chi connectivity index (χ4v) is 8.04. The minimum absolute atomic E-state index is 0.0816. The molecule has 0 saturated heterocycles. The first kappa shape index (κ1) is 61.4. The van der Waals surface area contributed by atoms with Crippen LogP contribution in [-0.4, -0.2) is 37.2 Å². The molecule has 64 heavy (non-hydrogen) atoms. The predicted octanol–water partition coefficient (Wildman–Crippen LogP) is 18.3. The van der Waals surface area contributed by atoms with Crippen molar-refractivity contribution in [1.82, 2.24) is 0 Å². The Labute approximate surface area is 397 Å². The molecule has 0 rings (SSSR count). The van der Waals surface area contributed by atoms with Crippen LogP contribution in [-0.2, 0) is 28.6 Å². The quantitative estimate of drug-likeness (QED) is 0.0262. The van der Waals surface area contributed by atoms with E-state index in [9.17, 15) is 14.4 Å². The van der Waals surface area contributed by atoms with Gasteiger partial charge in [-0.25, -0.2) is 0 Å². The van der Waals surface area contributed by atoms with Crippen molar-refractivity contribution >= 4 is 17.9 Å². The number of ether oxygens (including phenoxy) is 3. The molecule has 0 N–H and O–H groups in total. The molecule has 6 nitrogen and oxygen atoms in total. The standard InChI is InChI=1S/C58H104O6/c1-4-7-10-13-16-19-22-25-27-28-29-30-31-34-36-39-42-45-48-51-57(60)63-54-55(53-62-56(59)50-47-44-41-38-35-32-24-21-18-15-12-9-6-3)64-58(61)52-49-46-43-40-37-33-26-23-20-17-14-11-8-5-2/h9,12,15,18,21,24,32,35,55H,4-8,10-11,13-14,16-17,19-20,22-23,25-31,33-34,36-54H2,1-3H3/b12-9-,18-15-,24-21-,35-32-. The Hall–Kier alpha value is -2.63. The topological polar surface area (TPSA) is 78.9 Å². The number of hydrogen-bond donors (Lipinski definition) is 0. The molecule has 0 aliphatic carbocycles. The number of carbonyl (C=O) groups excluding carboxylic acids is 3. The smallest absolute Gasteiger partial charge is 0.306 e. The summed E-state index contributed by atoms with van der Waals surface area (Å²) < 4.78 is 16.8. The maximum Gasteiger partial charge on any atom is 0.306 e. The monoisotopic (exact) mass is 897 g/mol. The van der Waals surface area contributed by atoms with E-state index >= 15 is 0 Å². The van der Waals surface area contributed by atoms with Crippen LogP contribution in [0, 0.1) is 0 Å². The first-order valence-electron chi connectivity index (χ1n) is 27.7. The third-order valence-electron chi connectivity index (χ3n) is 12.2. The van der Waals surface area contributed by atoms with Gasteiger partial charge in [0.1, 0.15) is 13.2 Å². The van der Waals surface area contributed by atoms with E-state index in [-0.39, 0.29) is 31.1 Å². The summed E-state index contributed by atoms with van der Waals surface area (Å²) in [6, 6.07) is 0. The third kappa shape index (κ3) is 50.4. The first-order valence-corrected chi connectivity index (χ1v) is 27.7. The fourth-order valence-electron chi connectivity index (χ4n) is 8.04. The Morgan fingerprint density at radius 2 is 0.609 bits per heavy atom. The SMILES string of the molecule is CC\C=C/C=C\C=C/C=C\CCCCCC(=O)OCC(COC(=O)CCCCCCCCCCCCCCCCCCCCC)OC(=O)CCCCCCCCCCCCCCCC. The van der Waals surface area contributed by atoms with E-state index in [1.807, 2.05) is 30.4 Å². The summed E-state index contributed by atoms with van der Waals surface area (Å²) in [4.78, 5) is 38.0. The van der Waals surface area contributed by atoms with Gasteiger partial charge >= 0.3 is 17.9 Å². The van der Waals surface area contributed by atoms with E-state index in [2.05, 4.69) is 39.0 Å². The second kappa shape index (κ2) is 53.0. The van der Waals surface area contributed by atoms with Crippen molar-refractivity contribution in [3.63, 3.8) is 0 Å². The van der Waals surface area contributed by atoms with Gasteiger partial charge in [0, 0.05) is 19.3 Å². The molecule has 0 aromatic rings. The molecule has 372 valence electrons. The van der Waals surface area contributed by atoms with E-state index in [0.717, 1.165) is 70.6 Å². The molecule has 1 atom stereocenters. The number of unbranched alkanes of at least 4 members (excludes halogenated alkanes) is 34. The molecule has 0 spiro atoms. The molecule has 0 heterocycles. The molecule has 0 amide bonds. The maximum atomic E-state index is 12.8. The number of carbonyl (C=O) groups is 3. The number of hydrogen-bond acceptors (Lipinski definition) is 6. The van der Waals surface area contributed by atoms with E-state index < -0.39 is 6.10 Å². The minimum atomic E-state index is -0.784. The lowest BCUT2D eigenvalue weighted by molar-refractivity contribution is -0.167. The fraction of sp³-hybridized carbons (Fsp3) is 0.810. The molecular formula is C58H104O6. The van der Waals surface area contributed by atoms with Crippen LogP contribution in [0.15, 0.2) is 48.6 Å². The summed E-state index contributed by atoms with van der Waals surface area (Å²) in [5.74, 6) is -0.908. The molecule has 0 aromatic carbocycles. The summed E-state index contributed by atoms with van der Waals surface area (Å²) in [5, 5.41) is 0. The largest absolute Gasteiger partial charge is 0.462 e. The van der Waals surface area contributed by atoms with Crippen molar-refractivity contribution < 1.29 is 28.6 Å². The van der Waals surface area contributed by atoms with Crippen LogP contribution in [0.3, 0.4) is 0 Å². The highest BCUT2D eigenvalue weighted by Crippen LogP contribution is 2.17. The van der Waals surface area contributed by atoms with Gasteiger partial charge in [0.2, 0.25) is 0 Å². The summed E-state index contributed by atoms with van der Waals surface area (Å²) in [7, 11) is 0. The Balaban J connectivity index is 4.34. The van der Waals surface area contributed by atoms with Crippen LogP contribution in [0.4, 0.5) is 0 Å². The molecular weight excluding hydrogens is 793 g/mol. The molecule has 0 radical (unpaired) electrons. The highest BCUT2D eigenvalue weighted by Gasteiger charge is 2.19. The van der Waals surface area contributed by atoms with E-state index in [0.29, 0.717) is 19.3 Å². The molecule has 0 aliphatic heterocycles. The zero-order chi connectivity index (χ0) is 46.5. The van der Waals surface area contributed by atoms with Crippen molar-refractivity contribution in [3.8, 4) is 0 Å². The van der Waals surface area contributed by atoms with E-state index in [1.165, 1.54) is 173 Å². The van der Waals surface area contributed by atoms with Crippen molar-refractivity contribution in [1.29, 1.82) is 0 Å². The Kier molecular flexibility index (Phi) is 50.8. The Morgan fingerprint density at radius 1 is 0.328 bits per heavy atom. The molecule has 0 aromatic heterocycles. The average molecular weight is 897 g/mol. The van der Waals surface area contributed by atoms with Gasteiger partial charge < -0.3 is 14.2 Å². The van der Waals surface area contributed by atoms with Crippen molar-refractivity contribution in [2.24, 2.45) is 0 Å². The van der Waals surface area contributed by atoms with Gasteiger partial charge in [-0.3, -0.25) is 14.4 Å². The zero-order valence-corrected chi connectivity index (χ0v) is 42.6. The highest BCUT2D eigenvalue weighted by atomic mass is 16.6. The van der Waals surface area contributed by atoms with Crippen molar-refractivity contribution in [2.75, 3.05) is 13.2 Å². The summed E-state index contributed by atoms with van der Waals surface area (Å²) in [6.07, 6.45) is 63.9. The summed E-state index contributed by atoms with van der Waals surface area (Å²) in [5.41, 5.74) is 0. The van der Waals surface area contributed by atoms with Crippen LogP contribution in [0.2, 0.25) is 0 Å². The molecule has 0 saturated carbocycles. The van der Waals surface area contributed by atoms with E-state index in [4.69, 9.17) is 14.2 Å². The number of allylic oxidation sites excluding steroid dienone is 8. The molecule has 0 aliphatic rings. The van der Waals surface area contributed by atoms with Crippen LogP contribution in [0.1, 0.15) is 284 Å². The zero-order valence-electron chi connectivity index (χ0n) is 42.6. The van der Waals surface area contributed by atoms with Gasteiger partial charge in [0.15, 0.2) is 6.10 Å². The van der Waals surface area contributed by atoms with Gasteiger partial charge in [-0.2, -0.15) is 0 Å². The molecule has 6 heteroatoms. The van der Waals surface area contributed by atoms with Crippen LogP contribution in [0.5, 0.6) is 0 Å². The number of rotatable bonds is 50. The molecule has 1 unspecified atom stereocenters. The van der Waals surface area contributed by atoms with Crippen LogP contribution < -0.4 is 0 Å². The summed E-state index contributed by atoms with van der Waals surface area (Å²) >= 11 is 0. The first-order chi connectivity index (χ1) is 31.5. The third-order valence-corrected chi connectivity index (χ3v) is 12.2. The highest BCUT2D eigenvalue weighted by molar-refractivity contribution is 5.71. The van der Waals surface area contributed by atoms with Crippen LogP contribution >= 0.6 is 0 Å². The average Bonchev–Trinajstić information content (AvgIpc) is 3.29. The Bertz CT molecular complexity index is 1120. The van der Waals surface area contributed by atoms with Gasteiger partial charge in [0.25, 0.3) is 0 Å². The van der Waals surface area contributed by atoms with Crippen molar-refractivity contribution in [3.05, 3.63) is 48.6 Å². The van der Waals surface area contributed by atoms with Crippen molar-refractivity contribution in [2.45, 2.75) is 290 Å². The normalized spacial score (nSPS) is 12.4. The summed E-state index contributed by atoms with van der Waals surface area (Å²) in [6.45, 7) is 6.50. The second-order valence-corrected chi connectivity index (χ2v) is 18.6. The second-order valence-electron chi connectivity index (χ2n) is 18.6. The maximum absolute atomic E-state index is 12.8.